The highest BCUT2D eigenvalue weighted by Gasteiger charge is 2.31. The normalized spacial score (nSPS) is 16.0. The largest absolute Gasteiger partial charge is 0.545 e. The van der Waals surface area contributed by atoms with E-state index < -0.39 is 23.9 Å². The molecular formula is C17H11ClNO5-. The van der Waals surface area contributed by atoms with Crippen LogP contribution in [0.1, 0.15) is 26.3 Å². The van der Waals surface area contributed by atoms with Crippen LogP contribution < -0.4 is 10.4 Å². The third-order valence-electron chi connectivity index (χ3n) is 3.63. The number of ether oxygens (including phenoxy) is 1. The highest BCUT2D eigenvalue weighted by molar-refractivity contribution is 6.31. The number of carbonyl (C=O) groups excluding carboxylic acids is 3. The SMILES string of the molecule is O=C([O-])c1ccc(NC(=O)[C@H]2Cc3ccc(Cl)cc3C(=O)O2)cc1. The van der Waals surface area contributed by atoms with Gasteiger partial charge >= 0.3 is 5.97 Å². The molecule has 1 aliphatic heterocycles. The summed E-state index contributed by atoms with van der Waals surface area (Å²) in [5, 5.41) is 13.7. The number of carboxylic acid groups (broad SMARTS) is 1. The maximum Gasteiger partial charge on any atom is 0.339 e. The van der Waals surface area contributed by atoms with E-state index in [4.69, 9.17) is 16.3 Å². The van der Waals surface area contributed by atoms with Crippen molar-refractivity contribution in [3.8, 4) is 0 Å². The summed E-state index contributed by atoms with van der Waals surface area (Å²) in [6.45, 7) is 0. The summed E-state index contributed by atoms with van der Waals surface area (Å²) in [5.41, 5.74) is 1.43. The van der Waals surface area contributed by atoms with Crippen molar-refractivity contribution < 1.29 is 24.2 Å². The van der Waals surface area contributed by atoms with Gasteiger partial charge < -0.3 is 20.0 Å². The average Bonchev–Trinajstić information content (AvgIpc) is 2.55. The number of cyclic esters (lactones) is 1. The quantitative estimate of drug-likeness (QED) is 0.850. The summed E-state index contributed by atoms with van der Waals surface area (Å²) in [5.74, 6) is -2.40. The van der Waals surface area contributed by atoms with Crippen molar-refractivity contribution in [1.29, 1.82) is 0 Å². The van der Waals surface area contributed by atoms with Crippen molar-refractivity contribution in [2.45, 2.75) is 12.5 Å². The molecule has 6 nitrogen and oxygen atoms in total. The number of carboxylic acids is 1. The van der Waals surface area contributed by atoms with E-state index in [1.54, 1.807) is 12.1 Å². The highest BCUT2D eigenvalue weighted by Crippen LogP contribution is 2.24. The first-order valence-electron chi connectivity index (χ1n) is 7.06. The van der Waals surface area contributed by atoms with Crippen LogP contribution in [0, 0.1) is 0 Å². The van der Waals surface area contributed by atoms with Crippen LogP contribution in [0.5, 0.6) is 0 Å². The van der Waals surface area contributed by atoms with Gasteiger partial charge in [0.25, 0.3) is 5.91 Å². The summed E-state index contributed by atoms with van der Waals surface area (Å²) >= 11 is 5.85. The molecule has 24 heavy (non-hydrogen) atoms. The molecule has 0 aliphatic carbocycles. The Hall–Kier alpha value is -2.86. The number of hydrogen-bond acceptors (Lipinski definition) is 5. The number of aromatic carboxylic acids is 1. The molecule has 1 aliphatic rings. The summed E-state index contributed by atoms with van der Waals surface area (Å²) in [6, 6.07) is 10.3. The smallest absolute Gasteiger partial charge is 0.339 e. The Morgan fingerprint density at radius 2 is 1.88 bits per heavy atom. The van der Waals surface area contributed by atoms with Crippen molar-refractivity contribution in [1.82, 2.24) is 0 Å². The lowest BCUT2D eigenvalue weighted by Crippen LogP contribution is -2.38. The van der Waals surface area contributed by atoms with Crippen LogP contribution in [0.4, 0.5) is 5.69 Å². The Morgan fingerprint density at radius 3 is 2.54 bits per heavy atom. The van der Waals surface area contributed by atoms with Gasteiger partial charge in [0.05, 0.1) is 11.5 Å². The number of rotatable bonds is 3. The van der Waals surface area contributed by atoms with Crippen LogP contribution in [-0.2, 0) is 16.0 Å². The minimum absolute atomic E-state index is 0.00268. The van der Waals surface area contributed by atoms with Crippen molar-refractivity contribution in [2.75, 3.05) is 5.32 Å². The Morgan fingerprint density at radius 1 is 1.17 bits per heavy atom. The number of carbonyl (C=O) groups is 3. The van der Waals surface area contributed by atoms with E-state index in [9.17, 15) is 19.5 Å². The Balaban J connectivity index is 1.73. The van der Waals surface area contributed by atoms with Crippen molar-refractivity contribution in [3.63, 3.8) is 0 Å². The van der Waals surface area contributed by atoms with Gasteiger partial charge in [-0.25, -0.2) is 4.79 Å². The van der Waals surface area contributed by atoms with Crippen molar-refractivity contribution in [2.24, 2.45) is 0 Å². The molecule has 3 rings (SSSR count). The van der Waals surface area contributed by atoms with E-state index in [2.05, 4.69) is 5.32 Å². The topological polar surface area (TPSA) is 95.5 Å². The predicted molar refractivity (Wildman–Crippen MR) is 83.8 cm³/mol. The molecule has 7 heteroatoms. The number of benzene rings is 2. The first kappa shape index (κ1) is 16.0. The predicted octanol–water partition coefficient (Wildman–Crippen LogP) is 1.42. The van der Waals surface area contributed by atoms with Gasteiger partial charge in [0.2, 0.25) is 0 Å². The monoisotopic (exact) mass is 344 g/mol. The molecule has 1 heterocycles. The molecule has 0 unspecified atom stereocenters. The van der Waals surface area contributed by atoms with Crippen LogP contribution in [-0.4, -0.2) is 23.9 Å². The number of amides is 1. The first-order valence-corrected chi connectivity index (χ1v) is 7.43. The lowest BCUT2D eigenvalue weighted by molar-refractivity contribution is -0.255. The van der Waals surface area contributed by atoms with Gasteiger partial charge in [0, 0.05) is 17.1 Å². The molecule has 122 valence electrons. The van der Waals surface area contributed by atoms with Gasteiger partial charge in [-0.05, 0) is 35.4 Å². The van der Waals surface area contributed by atoms with Crippen LogP contribution in [0.15, 0.2) is 42.5 Å². The summed E-state index contributed by atoms with van der Waals surface area (Å²) in [7, 11) is 0. The molecule has 0 radical (unpaired) electrons. The number of nitrogens with one attached hydrogen (secondary N) is 1. The molecule has 0 spiro atoms. The second-order valence-electron chi connectivity index (χ2n) is 5.25. The standard InChI is InChI=1S/C17H12ClNO5/c18-11-4-1-10-7-14(24-17(23)13(10)8-11)15(20)19-12-5-2-9(3-6-12)16(21)22/h1-6,8,14H,7H2,(H,19,20)(H,21,22)/p-1/t14-/m1/s1. The molecule has 0 bridgehead atoms. The Labute approximate surface area is 142 Å². The zero-order chi connectivity index (χ0) is 17.3. The zero-order valence-corrected chi connectivity index (χ0v) is 13.0. The molecule has 0 aromatic heterocycles. The maximum absolute atomic E-state index is 12.3. The number of anilines is 1. The highest BCUT2D eigenvalue weighted by atomic mass is 35.5. The summed E-state index contributed by atoms with van der Waals surface area (Å²) in [6.07, 6.45) is -0.728. The van der Waals surface area contributed by atoms with E-state index in [-0.39, 0.29) is 12.0 Å². The molecule has 0 saturated carbocycles. The lowest BCUT2D eigenvalue weighted by atomic mass is 9.98. The fraction of sp³-hybridized carbons (Fsp3) is 0.118. The van der Waals surface area contributed by atoms with Gasteiger partial charge in [-0.15, -0.1) is 0 Å². The molecule has 1 atom stereocenters. The van der Waals surface area contributed by atoms with Crippen LogP contribution in [0.3, 0.4) is 0 Å². The number of hydrogen-bond donors (Lipinski definition) is 1. The van der Waals surface area contributed by atoms with Crippen LogP contribution >= 0.6 is 11.6 Å². The number of halogens is 1. The van der Waals surface area contributed by atoms with Gasteiger partial charge in [0.1, 0.15) is 0 Å². The van der Waals surface area contributed by atoms with Gasteiger partial charge in [-0.1, -0.05) is 29.8 Å². The minimum Gasteiger partial charge on any atom is -0.545 e. The second kappa shape index (κ2) is 6.33. The summed E-state index contributed by atoms with van der Waals surface area (Å²) < 4.78 is 5.15. The average molecular weight is 345 g/mol. The van der Waals surface area contributed by atoms with Crippen molar-refractivity contribution in [3.05, 3.63) is 64.2 Å². The van der Waals surface area contributed by atoms with Gasteiger partial charge in [0.15, 0.2) is 6.10 Å². The lowest BCUT2D eigenvalue weighted by Gasteiger charge is -2.24. The van der Waals surface area contributed by atoms with E-state index in [0.717, 1.165) is 0 Å². The van der Waals surface area contributed by atoms with E-state index in [1.807, 2.05) is 0 Å². The van der Waals surface area contributed by atoms with E-state index >= 15 is 0 Å². The fourth-order valence-corrected chi connectivity index (χ4v) is 2.58. The molecule has 1 N–H and O–H groups in total. The molecule has 0 fully saturated rings. The summed E-state index contributed by atoms with van der Waals surface area (Å²) in [4.78, 5) is 35.0. The molecule has 2 aromatic rings. The minimum atomic E-state index is -1.30. The first-order chi connectivity index (χ1) is 11.4. The maximum atomic E-state index is 12.3. The molecule has 0 saturated heterocycles. The number of fused-ring (bicyclic) bond motifs is 1. The van der Waals surface area contributed by atoms with Crippen LogP contribution in [0.2, 0.25) is 5.02 Å². The third-order valence-corrected chi connectivity index (χ3v) is 3.86. The van der Waals surface area contributed by atoms with Gasteiger partial charge in [-0.3, -0.25) is 4.79 Å². The van der Waals surface area contributed by atoms with Crippen molar-refractivity contribution >= 4 is 35.1 Å². The van der Waals surface area contributed by atoms with Gasteiger partial charge in [-0.2, -0.15) is 0 Å². The van der Waals surface area contributed by atoms with Crippen LogP contribution in [0.25, 0.3) is 0 Å². The molecule has 1 amide bonds. The third kappa shape index (κ3) is 3.23. The Bertz CT molecular complexity index is 831. The fourth-order valence-electron chi connectivity index (χ4n) is 2.41. The molecule has 2 aromatic carbocycles. The van der Waals surface area contributed by atoms with E-state index in [0.29, 0.717) is 21.8 Å². The Kier molecular flexibility index (Phi) is 4.22. The number of esters is 1. The molecular weight excluding hydrogens is 334 g/mol. The van der Waals surface area contributed by atoms with E-state index in [1.165, 1.54) is 30.3 Å². The second-order valence-corrected chi connectivity index (χ2v) is 5.69. The zero-order valence-electron chi connectivity index (χ0n) is 12.2.